The molecule has 2 aromatic carbocycles. The summed E-state index contributed by atoms with van der Waals surface area (Å²) in [5, 5.41) is 10.3. The zero-order valence-electron chi connectivity index (χ0n) is 13.6. The Morgan fingerprint density at radius 3 is 2.18 bits per heavy atom. The van der Waals surface area contributed by atoms with Crippen LogP contribution < -0.4 is 5.73 Å². The van der Waals surface area contributed by atoms with Crippen LogP contribution >= 0.6 is 0 Å². The van der Waals surface area contributed by atoms with Gasteiger partial charge < -0.3 is 10.7 Å². The highest BCUT2D eigenvalue weighted by molar-refractivity contribution is 6.15. The lowest BCUT2D eigenvalue weighted by Crippen LogP contribution is -2.12. The van der Waals surface area contributed by atoms with Crippen LogP contribution in [0.1, 0.15) is 56.2 Å². The summed E-state index contributed by atoms with van der Waals surface area (Å²) in [7, 11) is 0. The van der Waals surface area contributed by atoms with Gasteiger partial charge in [0.2, 0.25) is 0 Å². The van der Waals surface area contributed by atoms with Crippen molar-refractivity contribution in [3.63, 3.8) is 0 Å². The van der Waals surface area contributed by atoms with Crippen molar-refractivity contribution < 1.29 is 0 Å². The van der Waals surface area contributed by atoms with Crippen molar-refractivity contribution in [1.29, 1.82) is 5.41 Å². The smallest absolute Gasteiger partial charge is 0.124 e. The van der Waals surface area contributed by atoms with E-state index in [1.807, 2.05) is 6.07 Å². The molecule has 3 aromatic rings. The molecule has 0 saturated carbocycles. The minimum absolute atomic E-state index is 0.114. The molecule has 0 bridgehead atoms. The molecule has 22 heavy (non-hydrogen) atoms. The average molecular weight is 293 g/mol. The fourth-order valence-electron chi connectivity index (χ4n) is 2.94. The second-order valence-electron chi connectivity index (χ2n) is 6.64. The molecule has 3 rings (SSSR count). The number of aromatic amines is 1. The number of nitrogens with two attached hydrogens (primary N) is 1. The summed E-state index contributed by atoms with van der Waals surface area (Å²) in [5.41, 5.74) is 11.2. The van der Waals surface area contributed by atoms with Crippen LogP contribution in [-0.2, 0) is 0 Å². The molecular weight excluding hydrogens is 270 g/mol. The van der Waals surface area contributed by atoms with E-state index in [1.165, 1.54) is 16.5 Å². The Labute approximate surface area is 131 Å². The van der Waals surface area contributed by atoms with E-state index in [1.54, 1.807) is 0 Å². The number of aromatic nitrogens is 1. The normalized spacial score (nSPS) is 11.9. The second kappa shape index (κ2) is 5.16. The topological polar surface area (TPSA) is 65.7 Å². The molecule has 0 aliphatic carbocycles. The van der Waals surface area contributed by atoms with E-state index in [0.29, 0.717) is 11.8 Å². The molecule has 0 saturated heterocycles. The summed E-state index contributed by atoms with van der Waals surface area (Å²) in [6.07, 6.45) is 0. The number of hydrogen-bond acceptors (Lipinski definition) is 1. The molecule has 1 aromatic heterocycles. The van der Waals surface area contributed by atoms with Crippen molar-refractivity contribution in [2.45, 2.75) is 39.5 Å². The van der Waals surface area contributed by atoms with Gasteiger partial charge in [-0.05, 0) is 47.2 Å². The van der Waals surface area contributed by atoms with Crippen LogP contribution in [0.15, 0.2) is 30.3 Å². The van der Waals surface area contributed by atoms with Gasteiger partial charge >= 0.3 is 0 Å². The van der Waals surface area contributed by atoms with Gasteiger partial charge in [0.15, 0.2) is 0 Å². The number of fused-ring (bicyclic) bond motifs is 3. The maximum Gasteiger partial charge on any atom is 0.124 e. The van der Waals surface area contributed by atoms with Crippen molar-refractivity contribution in [2.75, 3.05) is 0 Å². The van der Waals surface area contributed by atoms with Gasteiger partial charge in [-0.15, -0.1) is 0 Å². The lowest BCUT2D eigenvalue weighted by Gasteiger charge is -2.09. The highest BCUT2D eigenvalue weighted by atomic mass is 14.7. The highest BCUT2D eigenvalue weighted by Gasteiger charge is 2.14. The van der Waals surface area contributed by atoms with Gasteiger partial charge in [-0.1, -0.05) is 33.8 Å². The van der Waals surface area contributed by atoms with E-state index in [2.05, 4.69) is 56.9 Å². The maximum absolute atomic E-state index is 7.90. The summed E-state index contributed by atoms with van der Waals surface area (Å²) in [5.74, 6) is 1.01. The number of nitrogen functional groups attached to an aromatic ring is 1. The van der Waals surface area contributed by atoms with Crippen LogP contribution in [0.2, 0.25) is 0 Å². The van der Waals surface area contributed by atoms with Gasteiger partial charge in [0.25, 0.3) is 0 Å². The molecule has 0 spiro atoms. The third-order valence-corrected chi connectivity index (χ3v) is 4.38. The van der Waals surface area contributed by atoms with Crippen molar-refractivity contribution in [1.82, 2.24) is 4.98 Å². The lowest BCUT2D eigenvalue weighted by molar-refractivity contribution is 0.867. The first-order chi connectivity index (χ1) is 10.4. The van der Waals surface area contributed by atoms with Crippen molar-refractivity contribution in [3.05, 3.63) is 47.0 Å². The summed E-state index contributed by atoms with van der Waals surface area (Å²) < 4.78 is 0. The minimum Gasteiger partial charge on any atom is -0.384 e. The third-order valence-electron chi connectivity index (χ3n) is 4.38. The molecule has 0 amide bonds. The Hall–Kier alpha value is -2.29. The van der Waals surface area contributed by atoms with Gasteiger partial charge in [-0.3, -0.25) is 5.41 Å². The molecule has 4 N–H and O–H groups in total. The molecule has 0 atom stereocenters. The molecule has 1 heterocycles. The predicted molar refractivity (Wildman–Crippen MR) is 95.0 cm³/mol. The lowest BCUT2D eigenvalue weighted by atomic mass is 9.95. The van der Waals surface area contributed by atoms with Crippen molar-refractivity contribution >= 4 is 27.6 Å². The minimum atomic E-state index is 0.114. The number of rotatable bonds is 3. The van der Waals surface area contributed by atoms with Crippen molar-refractivity contribution in [2.24, 2.45) is 5.73 Å². The number of benzene rings is 2. The third kappa shape index (κ3) is 2.27. The standard InChI is InChI=1S/C19H23N3/c1-10(2)12-5-6-17-14(7-12)15-8-13(11(3)4)9-16(19(20)21)18(15)22-17/h5-11,22H,1-4H3,(H3,20,21). The Bertz CT molecular complexity index is 869. The van der Waals surface area contributed by atoms with Crippen LogP contribution in [0.5, 0.6) is 0 Å². The van der Waals surface area contributed by atoms with E-state index in [-0.39, 0.29) is 5.84 Å². The first-order valence-corrected chi connectivity index (χ1v) is 7.82. The largest absolute Gasteiger partial charge is 0.384 e. The molecule has 0 fully saturated rings. The molecule has 3 heteroatoms. The zero-order chi connectivity index (χ0) is 16.0. The highest BCUT2D eigenvalue weighted by Crippen LogP contribution is 2.32. The molecule has 0 aliphatic heterocycles. The number of H-pyrrole nitrogens is 1. The van der Waals surface area contributed by atoms with Gasteiger partial charge in [0, 0.05) is 21.9 Å². The van der Waals surface area contributed by atoms with E-state index in [0.717, 1.165) is 22.0 Å². The average Bonchev–Trinajstić information content (AvgIpc) is 2.83. The van der Waals surface area contributed by atoms with Crippen LogP contribution in [-0.4, -0.2) is 10.8 Å². The van der Waals surface area contributed by atoms with Gasteiger partial charge in [0.05, 0.1) is 5.52 Å². The van der Waals surface area contributed by atoms with Crippen LogP contribution in [0, 0.1) is 5.41 Å². The molecule has 3 nitrogen and oxygen atoms in total. The first-order valence-electron chi connectivity index (χ1n) is 7.82. The van der Waals surface area contributed by atoms with Crippen LogP contribution in [0.3, 0.4) is 0 Å². The fraction of sp³-hybridized carbons (Fsp3) is 0.316. The van der Waals surface area contributed by atoms with Gasteiger partial charge in [-0.25, -0.2) is 0 Å². The first kappa shape index (κ1) is 14.6. The second-order valence-corrected chi connectivity index (χ2v) is 6.64. The Morgan fingerprint density at radius 2 is 1.59 bits per heavy atom. The Kier molecular flexibility index (Phi) is 3.44. The molecule has 0 unspecified atom stereocenters. The van der Waals surface area contributed by atoms with E-state index in [4.69, 9.17) is 11.1 Å². The Morgan fingerprint density at radius 1 is 0.955 bits per heavy atom. The molecular formula is C19H23N3. The van der Waals surface area contributed by atoms with Gasteiger partial charge in [-0.2, -0.15) is 0 Å². The molecule has 0 aliphatic rings. The zero-order valence-corrected chi connectivity index (χ0v) is 13.6. The van der Waals surface area contributed by atoms with E-state index in [9.17, 15) is 0 Å². The van der Waals surface area contributed by atoms with E-state index >= 15 is 0 Å². The summed E-state index contributed by atoms with van der Waals surface area (Å²) in [6, 6.07) is 10.8. The SMILES string of the molecule is CC(C)c1ccc2[nH]c3c(C(=N)N)cc(C(C)C)cc3c2c1. The molecule has 114 valence electrons. The number of nitrogens with one attached hydrogen (secondary N) is 2. The fourth-order valence-corrected chi connectivity index (χ4v) is 2.94. The van der Waals surface area contributed by atoms with E-state index < -0.39 is 0 Å². The number of hydrogen-bond donors (Lipinski definition) is 3. The molecule has 0 radical (unpaired) electrons. The van der Waals surface area contributed by atoms with Gasteiger partial charge in [0.1, 0.15) is 5.84 Å². The quantitative estimate of drug-likeness (QED) is 0.469. The van der Waals surface area contributed by atoms with Crippen LogP contribution in [0.4, 0.5) is 0 Å². The maximum atomic E-state index is 7.90. The monoisotopic (exact) mass is 293 g/mol. The summed E-state index contributed by atoms with van der Waals surface area (Å²) in [6.45, 7) is 8.74. The predicted octanol–water partition coefficient (Wildman–Crippen LogP) is 4.85. The van der Waals surface area contributed by atoms with Crippen LogP contribution in [0.25, 0.3) is 21.8 Å². The Balaban J connectivity index is 2.42. The summed E-state index contributed by atoms with van der Waals surface area (Å²) in [4.78, 5) is 3.44. The van der Waals surface area contributed by atoms with Crippen molar-refractivity contribution in [3.8, 4) is 0 Å². The summed E-state index contributed by atoms with van der Waals surface area (Å²) >= 11 is 0. The number of amidine groups is 1.